The van der Waals surface area contributed by atoms with Crippen LogP contribution in [0.25, 0.3) is 0 Å². The third-order valence-corrected chi connectivity index (χ3v) is 1.46. The molecule has 0 radical (unpaired) electrons. The summed E-state index contributed by atoms with van der Waals surface area (Å²) in [6, 6.07) is 0.284. The second-order valence-corrected chi connectivity index (χ2v) is 2.82. The summed E-state index contributed by atoms with van der Waals surface area (Å²) in [6.07, 6.45) is 1.50. The van der Waals surface area contributed by atoms with Crippen LogP contribution in [0.2, 0.25) is 0 Å². The maximum absolute atomic E-state index is 5.42. The predicted octanol–water partition coefficient (Wildman–Crippen LogP) is 1.45. The van der Waals surface area contributed by atoms with Crippen molar-refractivity contribution >= 4 is 11.6 Å². The van der Waals surface area contributed by atoms with Gasteiger partial charge in [0.05, 0.1) is 5.88 Å². The summed E-state index contributed by atoms with van der Waals surface area (Å²) >= 11 is 5.42. The number of rotatable bonds is 1. The third kappa shape index (κ3) is 1.99. The fraction of sp³-hybridized carbons (Fsp3) is 0.500. The van der Waals surface area contributed by atoms with Crippen molar-refractivity contribution in [3.05, 3.63) is 12.2 Å². The fourth-order valence-electron chi connectivity index (χ4n) is 0.830. The van der Waals surface area contributed by atoms with Crippen molar-refractivity contribution in [2.24, 2.45) is 0 Å². The molecule has 1 rings (SSSR count). The molecule has 0 aliphatic carbocycles. The summed E-state index contributed by atoms with van der Waals surface area (Å²) in [4.78, 5) is 3.99. The molecule has 0 N–H and O–H groups in total. The third-order valence-electron chi connectivity index (χ3n) is 1.33. The van der Waals surface area contributed by atoms with Crippen LogP contribution in [0.3, 0.4) is 0 Å². The van der Waals surface area contributed by atoms with Gasteiger partial charge in [-0.15, -0.1) is 11.6 Å². The molecule has 0 amide bonds. The summed E-state index contributed by atoms with van der Waals surface area (Å²) in [5, 5.41) is 4.03. The summed E-state index contributed by atoms with van der Waals surface area (Å²) in [5.41, 5.74) is 0. The van der Waals surface area contributed by atoms with Crippen molar-refractivity contribution in [2.75, 3.05) is 5.88 Å². The topological polar surface area (TPSA) is 30.7 Å². The quantitative estimate of drug-likeness (QED) is 0.488. The number of aromatic nitrogens is 3. The first-order chi connectivity index (χ1) is 5.75. The standard InChI is InChI=1S/C8H10ClN3/c1-7(2)12-8(4-3-5-9)10-6-11-12/h6-7H,5H2,1-2H3. The lowest BCUT2D eigenvalue weighted by Gasteiger charge is -2.04. The van der Waals surface area contributed by atoms with Crippen LogP contribution in [0.1, 0.15) is 25.7 Å². The molecular formula is C8H10ClN3. The van der Waals surface area contributed by atoms with Gasteiger partial charge in [0.25, 0.3) is 0 Å². The lowest BCUT2D eigenvalue weighted by molar-refractivity contribution is 0.525. The fourth-order valence-corrected chi connectivity index (χ4v) is 0.897. The maximum Gasteiger partial charge on any atom is 0.203 e. The Bertz CT molecular complexity index is 306. The van der Waals surface area contributed by atoms with Gasteiger partial charge in [-0.2, -0.15) is 5.10 Å². The first-order valence-corrected chi connectivity index (χ1v) is 4.23. The Kier molecular flexibility index (Phi) is 3.12. The van der Waals surface area contributed by atoms with Crippen LogP contribution in [0.15, 0.2) is 6.33 Å². The first kappa shape index (κ1) is 9.08. The van der Waals surface area contributed by atoms with E-state index in [1.54, 1.807) is 4.68 Å². The van der Waals surface area contributed by atoms with E-state index < -0.39 is 0 Å². The van der Waals surface area contributed by atoms with E-state index in [2.05, 4.69) is 21.9 Å². The van der Waals surface area contributed by atoms with Crippen LogP contribution in [-0.4, -0.2) is 20.6 Å². The minimum absolute atomic E-state index is 0.284. The highest BCUT2D eigenvalue weighted by molar-refractivity contribution is 6.19. The molecule has 0 saturated carbocycles. The molecule has 64 valence electrons. The summed E-state index contributed by atoms with van der Waals surface area (Å²) in [7, 11) is 0. The highest BCUT2D eigenvalue weighted by atomic mass is 35.5. The number of alkyl halides is 1. The van der Waals surface area contributed by atoms with Gasteiger partial charge in [-0.25, -0.2) is 9.67 Å². The summed E-state index contributed by atoms with van der Waals surface area (Å²) in [5.74, 6) is 6.57. The van der Waals surface area contributed by atoms with Crippen molar-refractivity contribution in [3.8, 4) is 11.8 Å². The molecule has 0 aliphatic heterocycles. The molecule has 1 heterocycles. The molecule has 0 bridgehead atoms. The lowest BCUT2D eigenvalue weighted by atomic mass is 10.4. The molecule has 0 saturated heterocycles. The Labute approximate surface area is 76.8 Å². The van der Waals surface area contributed by atoms with Crippen molar-refractivity contribution in [3.63, 3.8) is 0 Å². The molecule has 3 nitrogen and oxygen atoms in total. The van der Waals surface area contributed by atoms with E-state index >= 15 is 0 Å². The van der Waals surface area contributed by atoms with Gasteiger partial charge in [-0.1, -0.05) is 5.92 Å². The van der Waals surface area contributed by atoms with E-state index in [-0.39, 0.29) is 6.04 Å². The van der Waals surface area contributed by atoms with E-state index in [4.69, 9.17) is 11.6 Å². The zero-order valence-corrected chi connectivity index (χ0v) is 7.84. The van der Waals surface area contributed by atoms with Gasteiger partial charge in [0.15, 0.2) is 0 Å². The number of hydrogen-bond donors (Lipinski definition) is 0. The second-order valence-electron chi connectivity index (χ2n) is 2.56. The largest absolute Gasteiger partial charge is 0.237 e. The van der Waals surface area contributed by atoms with Gasteiger partial charge in [0.2, 0.25) is 5.82 Å². The van der Waals surface area contributed by atoms with E-state index in [1.807, 2.05) is 13.8 Å². The van der Waals surface area contributed by atoms with Crippen LogP contribution in [0.4, 0.5) is 0 Å². The number of nitrogens with zero attached hydrogens (tertiary/aromatic N) is 3. The van der Waals surface area contributed by atoms with E-state index in [0.717, 1.165) is 0 Å². The Balaban J connectivity index is 2.91. The van der Waals surface area contributed by atoms with Crippen LogP contribution < -0.4 is 0 Å². The first-order valence-electron chi connectivity index (χ1n) is 3.70. The van der Waals surface area contributed by atoms with Crippen LogP contribution in [-0.2, 0) is 0 Å². The number of hydrogen-bond acceptors (Lipinski definition) is 2. The average molecular weight is 184 g/mol. The minimum Gasteiger partial charge on any atom is -0.237 e. The maximum atomic E-state index is 5.42. The molecule has 0 unspecified atom stereocenters. The molecule has 12 heavy (non-hydrogen) atoms. The zero-order valence-electron chi connectivity index (χ0n) is 7.08. The van der Waals surface area contributed by atoms with Crippen molar-refractivity contribution in [2.45, 2.75) is 19.9 Å². The SMILES string of the molecule is CC(C)n1ncnc1C#CCCl. The average Bonchev–Trinajstić information content (AvgIpc) is 2.48. The highest BCUT2D eigenvalue weighted by Gasteiger charge is 2.03. The second kappa shape index (κ2) is 4.13. The van der Waals surface area contributed by atoms with Crippen LogP contribution in [0.5, 0.6) is 0 Å². The van der Waals surface area contributed by atoms with E-state index in [0.29, 0.717) is 11.7 Å². The molecule has 0 spiro atoms. The molecule has 4 heteroatoms. The summed E-state index contributed by atoms with van der Waals surface area (Å²) < 4.78 is 1.76. The smallest absolute Gasteiger partial charge is 0.203 e. The molecular weight excluding hydrogens is 174 g/mol. The number of halogens is 1. The highest BCUT2D eigenvalue weighted by Crippen LogP contribution is 2.03. The molecule has 0 atom stereocenters. The van der Waals surface area contributed by atoms with Gasteiger partial charge in [0.1, 0.15) is 6.33 Å². The van der Waals surface area contributed by atoms with Gasteiger partial charge < -0.3 is 0 Å². The van der Waals surface area contributed by atoms with Gasteiger partial charge in [-0.05, 0) is 19.8 Å². The Hall–Kier alpha value is -1.01. The molecule has 1 aromatic heterocycles. The molecule has 0 fully saturated rings. The molecule has 0 aromatic carbocycles. The van der Waals surface area contributed by atoms with Gasteiger partial charge in [-0.3, -0.25) is 0 Å². The van der Waals surface area contributed by atoms with E-state index in [9.17, 15) is 0 Å². The van der Waals surface area contributed by atoms with Crippen molar-refractivity contribution in [1.82, 2.24) is 14.8 Å². The zero-order chi connectivity index (χ0) is 8.97. The van der Waals surface area contributed by atoms with Gasteiger partial charge in [0, 0.05) is 6.04 Å². The Morgan fingerprint density at radius 1 is 1.67 bits per heavy atom. The normalized spacial score (nSPS) is 9.67. The van der Waals surface area contributed by atoms with Gasteiger partial charge >= 0.3 is 0 Å². The molecule has 0 aliphatic rings. The van der Waals surface area contributed by atoms with Crippen molar-refractivity contribution < 1.29 is 0 Å². The predicted molar refractivity (Wildman–Crippen MR) is 48.0 cm³/mol. The Morgan fingerprint density at radius 3 is 3.00 bits per heavy atom. The van der Waals surface area contributed by atoms with Crippen LogP contribution >= 0.6 is 11.6 Å². The van der Waals surface area contributed by atoms with E-state index in [1.165, 1.54) is 6.33 Å². The Morgan fingerprint density at radius 2 is 2.42 bits per heavy atom. The molecule has 1 aromatic rings. The summed E-state index contributed by atoms with van der Waals surface area (Å²) in [6.45, 7) is 4.06. The lowest BCUT2D eigenvalue weighted by Crippen LogP contribution is -2.05. The minimum atomic E-state index is 0.284. The van der Waals surface area contributed by atoms with Crippen molar-refractivity contribution in [1.29, 1.82) is 0 Å². The monoisotopic (exact) mass is 183 g/mol. The van der Waals surface area contributed by atoms with Crippen LogP contribution in [0, 0.1) is 11.8 Å².